The number of nitrogens with zero attached hydrogens (tertiary/aromatic N) is 2. The van der Waals surface area contributed by atoms with E-state index in [2.05, 4.69) is 313 Å². The summed E-state index contributed by atoms with van der Waals surface area (Å²) < 4.78 is 9.36. The molecule has 0 N–H and O–H groups in total. The van der Waals surface area contributed by atoms with E-state index in [0.717, 1.165) is 62.0 Å². The number of hydrogen-bond acceptors (Lipinski definition) is 2. The van der Waals surface area contributed by atoms with E-state index in [9.17, 15) is 0 Å². The van der Waals surface area contributed by atoms with Crippen molar-refractivity contribution in [3.8, 4) is 39.4 Å². The maximum Gasteiger partial charge on any atom is 0.132 e. The van der Waals surface area contributed by atoms with Crippen LogP contribution in [0.15, 0.2) is 303 Å². The summed E-state index contributed by atoms with van der Waals surface area (Å²) in [6.45, 7) is 0. The predicted octanol–water partition coefficient (Wildman–Crippen LogP) is 18.8. The molecule has 362 valence electrons. The number of hydrogen-bond donors (Lipinski definition) is 0. The molecular weight excluding hydrogens is 933 g/mol. The lowest BCUT2D eigenvalue weighted by Crippen LogP contribution is -2.34. The van der Waals surface area contributed by atoms with E-state index in [1.165, 1.54) is 60.8 Å². The highest BCUT2D eigenvalue weighted by Gasteiger charge is 2.47. The van der Waals surface area contributed by atoms with Gasteiger partial charge in [-0.25, -0.2) is 0 Å². The lowest BCUT2D eigenvalue weighted by Gasteiger charge is -2.42. The molecule has 1 aromatic heterocycles. The largest absolute Gasteiger partial charge is 0.457 e. The molecule has 12 aromatic carbocycles. The molecule has 77 heavy (non-hydrogen) atoms. The van der Waals surface area contributed by atoms with Gasteiger partial charge < -0.3 is 14.2 Å². The molecule has 2 aliphatic rings. The average Bonchev–Trinajstić information content (AvgIpc) is 4.00. The summed E-state index contributed by atoms with van der Waals surface area (Å²) in [4.78, 5) is 2.43. The molecule has 15 rings (SSSR count). The van der Waals surface area contributed by atoms with Crippen molar-refractivity contribution in [3.63, 3.8) is 0 Å². The number of anilines is 3. The van der Waals surface area contributed by atoms with Crippen LogP contribution in [-0.4, -0.2) is 4.57 Å². The fourth-order valence-corrected chi connectivity index (χ4v) is 13.2. The Morgan fingerprint density at radius 1 is 0.286 bits per heavy atom. The highest BCUT2D eigenvalue weighted by atomic mass is 16.5. The van der Waals surface area contributed by atoms with E-state index in [1.807, 2.05) is 0 Å². The van der Waals surface area contributed by atoms with Crippen LogP contribution in [0.2, 0.25) is 0 Å². The molecule has 0 spiro atoms. The second-order valence-electron chi connectivity index (χ2n) is 20.3. The third kappa shape index (κ3) is 6.77. The zero-order valence-electron chi connectivity index (χ0n) is 42.2. The van der Waals surface area contributed by atoms with Gasteiger partial charge in [0.2, 0.25) is 0 Å². The van der Waals surface area contributed by atoms with Crippen LogP contribution >= 0.6 is 0 Å². The van der Waals surface area contributed by atoms with E-state index < -0.39 is 10.8 Å². The SMILES string of the molecule is c1ccc(-n2c3ccccc3c3ccc(N(c4cccc(-c5ccc(C6(c7ccccc7)c7ccccc7-c7ccccc76)cc5)c4)c4ccc5c(c4)C(c4ccccc4)(c4ccccc4)c4ccccc4O5)cc32)cc1. The van der Waals surface area contributed by atoms with Crippen LogP contribution in [-0.2, 0) is 10.8 Å². The third-order valence-electron chi connectivity index (χ3n) is 16.4. The van der Waals surface area contributed by atoms with Crippen molar-refractivity contribution in [2.45, 2.75) is 10.8 Å². The van der Waals surface area contributed by atoms with Gasteiger partial charge in [-0.2, -0.15) is 0 Å². The number of aromatic nitrogens is 1. The van der Waals surface area contributed by atoms with Gasteiger partial charge in [-0.15, -0.1) is 0 Å². The van der Waals surface area contributed by atoms with Gasteiger partial charge in [0.15, 0.2) is 0 Å². The minimum atomic E-state index is -0.695. The van der Waals surface area contributed by atoms with Crippen molar-refractivity contribution >= 4 is 38.9 Å². The molecular formula is C74H50N2O. The summed E-state index contributed by atoms with van der Waals surface area (Å²) in [5, 5.41) is 2.42. The highest BCUT2D eigenvalue weighted by Crippen LogP contribution is 2.58. The number of para-hydroxylation sites is 3. The Labute approximate surface area is 448 Å². The summed E-state index contributed by atoms with van der Waals surface area (Å²) in [7, 11) is 0. The molecule has 0 unspecified atom stereocenters. The normalized spacial score (nSPS) is 13.5. The average molecular weight is 983 g/mol. The van der Waals surface area contributed by atoms with Gasteiger partial charge in [-0.3, -0.25) is 0 Å². The van der Waals surface area contributed by atoms with Crippen molar-refractivity contribution in [2.75, 3.05) is 4.90 Å². The molecule has 0 radical (unpaired) electrons. The standard InChI is InChI=1S/C74H50N2O/c1-5-23-53(24-6-1)73(65-35-16-13-32-61(65)62-33-14-17-36-66(62)73)56-42-40-51(41-43-56)52-22-21-31-58(48-52)75(60-44-46-64-63-34-15-19-38-69(63)76(70(64)50-60)57-29-11-4-12-30-57)59-45-47-72-68(49-59)74(54-25-7-2-8-26-54,55-27-9-3-10-28-55)67-37-18-20-39-71(67)77-72/h1-50H. The van der Waals surface area contributed by atoms with Crippen molar-refractivity contribution < 1.29 is 4.74 Å². The zero-order chi connectivity index (χ0) is 50.9. The summed E-state index contributed by atoms with van der Waals surface area (Å²) in [6, 6.07) is 111. The molecule has 1 aliphatic carbocycles. The molecule has 1 aliphatic heterocycles. The predicted molar refractivity (Wildman–Crippen MR) is 317 cm³/mol. The summed E-state index contributed by atoms with van der Waals surface area (Å²) >= 11 is 0. The maximum absolute atomic E-state index is 6.95. The molecule has 3 heteroatoms. The maximum atomic E-state index is 6.95. The quantitative estimate of drug-likeness (QED) is 0.143. The molecule has 0 atom stereocenters. The molecule has 0 amide bonds. The highest BCUT2D eigenvalue weighted by molar-refractivity contribution is 6.10. The fraction of sp³-hybridized carbons (Fsp3) is 0.0270. The Balaban J connectivity index is 0.937. The van der Waals surface area contributed by atoms with Gasteiger partial charge in [0.05, 0.1) is 21.9 Å². The first-order chi connectivity index (χ1) is 38.2. The Morgan fingerprint density at radius 3 is 1.43 bits per heavy atom. The van der Waals surface area contributed by atoms with Crippen LogP contribution in [0.25, 0.3) is 49.7 Å². The molecule has 0 bridgehead atoms. The first-order valence-electron chi connectivity index (χ1n) is 26.6. The van der Waals surface area contributed by atoms with E-state index >= 15 is 0 Å². The molecule has 3 nitrogen and oxygen atoms in total. The minimum Gasteiger partial charge on any atom is -0.457 e. The van der Waals surface area contributed by atoms with Crippen LogP contribution in [0, 0.1) is 0 Å². The summed E-state index contributed by atoms with van der Waals surface area (Å²) in [5.74, 6) is 1.68. The van der Waals surface area contributed by atoms with Crippen LogP contribution in [0.5, 0.6) is 11.5 Å². The zero-order valence-corrected chi connectivity index (χ0v) is 42.2. The number of fused-ring (bicyclic) bond motifs is 8. The van der Waals surface area contributed by atoms with E-state index in [4.69, 9.17) is 4.74 Å². The molecule has 0 saturated carbocycles. The first-order valence-corrected chi connectivity index (χ1v) is 26.6. The van der Waals surface area contributed by atoms with Crippen molar-refractivity contribution in [1.29, 1.82) is 0 Å². The lowest BCUT2D eigenvalue weighted by atomic mass is 9.63. The first kappa shape index (κ1) is 44.5. The Bertz CT molecular complexity index is 4270. The number of ether oxygens (including phenoxy) is 1. The van der Waals surface area contributed by atoms with E-state index in [1.54, 1.807) is 0 Å². The summed E-state index contributed by atoms with van der Waals surface area (Å²) in [6.07, 6.45) is 0. The Kier molecular flexibility index (Phi) is 10.3. The monoisotopic (exact) mass is 982 g/mol. The van der Waals surface area contributed by atoms with Gasteiger partial charge in [-0.05, 0) is 122 Å². The summed E-state index contributed by atoms with van der Waals surface area (Å²) in [5.41, 5.74) is 19.8. The third-order valence-corrected chi connectivity index (χ3v) is 16.4. The number of rotatable bonds is 9. The fourth-order valence-electron chi connectivity index (χ4n) is 13.2. The van der Waals surface area contributed by atoms with E-state index in [-0.39, 0.29) is 0 Å². The molecule has 0 saturated heterocycles. The topological polar surface area (TPSA) is 17.4 Å². The van der Waals surface area contributed by atoms with Crippen LogP contribution in [0.4, 0.5) is 17.1 Å². The van der Waals surface area contributed by atoms with Gasteiger partial charge in [0.1, 0.15) is 11.5 Å². The Hall–Kier alpha value is -9.96. The van der Waals surface area contributed by atoms with Crippen molar-refractivity contribution in [3.05, 3.63) is 348 Å². The van der Waals surface area contributed by atoms with Crippen molar-refractivity contribution in [1.82, 2.24) is 4.57 Å². The molecule has 2 heterocycles. The van der Waals surface area contributed by atoms with Crippen molar-refractivity contribution in [2.24, 2.45) is 0 Å². The van der Waals surface area contributed by atoms with Gasteiger partial charge in [0, 0.05) is 44.6 Å². The van der Waals surface area contributed by atoms with Gasteiger partial charge >= 0.3 is 0 Å². The van der Waals surface area contributed by atoms with Crippen LogP contribution < -0.4 is 9.64 Å². The number of benzene rings is 12. The van der Waals surface area contributed by atoms with Crippen LogP contribution in [0.3, 0.4) is 0 Å². The van der Waals surface area contributed by atoms with Gasteiger partial charge in [0.25, 0.3) is 0 Å². The smallest absolute Gasteiger partial charge is 0.132 e. The van der Waals surface area contributed by atoms with Crippen LogP contribution in [0.1, 0.15) is 44.5 Å². The lowest BCUT2D eigenvalue weighted by molar-refractivity contribution is 0.434. The van der Waals surface area contributed by atoms with Gasteiger partial charge in [-0.1, -0.05) is 237 Å². The molecule has 13 aromatic rings. The Morgan fingerprint density at radius 2 is 0.766 bits per heavy atom. The molecule has 0 fully saturated rings. The second-order valence-corrected chi connectivity index (χ2v) is 20.3. The van der Waals surface area contributed by atoms with E-state index in [0.29, 0.717) is 0 Å². The second kappa shape index (κ2) is 17.9. The minimum absolute atomic E-state index is 0.474.